The van der Waals surface area contributed by atoms with Gasteiger partial charge in [-0.2, -0.15) is 10.2 Å². The van der Waals surface area contributed by atoms with E-state index in [4.69, 9.17) is 24.4 Å². The van der Waals surface area contributed by atoms with E-state index in [-0.39, 0.29) is 0 Å². The van der Waals surface area contributed by atoms with Gasteiger partial charge in [0.15, 0.2) is 0 Å². The highest BCUT2D eigenvalue weighted by molar-refractivity contribution is 7.80. The molecule has 0 atom stereocenters. The largest absolute Gasteiger partial charge is 0.378 e. The first kappa shape index (κ1) is 27.3. The second-order valence-corrected chi connectivity index (χ2v) is 9.38. The van der Waals surface area contributed by atoms with Crippen molar-refractivity contribution in [2.24, 2.45) is 10.2 Å². The molecule has 0 bridgehead atoms. The van der Waals surface area contributed by atoms with Gasteiger partial charge in [0.05, 0.1) is 12.4 Å². The number of nitrogens with zero attached hydrogens (tertiary/aromatic N) is 6. The molecule has 2 aromatic rings. The first-order chi connectivity index (χ1) is 17.3. The highest BCUT2D eigenvalue weighted by atomic mass is 32.1. The molecular weight excluding hydrogens is 492 g/mol. The van der Waals surface area contributed by atoms with E-state index in [2.05, 4.69) is 41.7 Å². The molecule has 1 fully saturated rings. The molecule has 0 saturated carbocycles. The number of hydrogen-bond acceptors (Lipinski definition) is 8. The summed E-state index contributed by atoms with van der Waals surface area (Å²) < 4.78 is 0. The van der Waals surface area contributed by atoms with Crippen LogP contribution >= 0.6 is 24.4 Å². The summed E-state index contributed by atoms with van der Waals surface area (Å²) in [5.41, 5.74) is 16.3. The number of hydrazine groups is 2. The Morgan fingerprint density at radius 1 is 0.667 bits per heavy atom. The molecule has 0 amide bonds. The van der Waals surface area contributed by atoms with Crippen molar-refractivity contribution < 1.29 is 0 Å². The van der Waals surface area contributed by atoms with Gasteiger partial charge in [-0.1, -0.05) is 24.3 Å². The van der Waals surface area contributed by atoms with Crippen molar-refractivity contribution in [3.8, 4) is 0 Å². The van der Waals surface area contributed by atoms with Gasteiger partial charge in [0.25, 0.3) is 0 Å². The SMILES string of the molecule is CN(C)c1ccc(/C=N/NC(=S)NN2CCN(NC(=S)N/N=C/c3ccc(N(C)C)cc3)CC2)cc1. The van der Waals surface area contributed by atoms with Crippen molar-refractivity contribution in [2.75, 3.05) is 64.2 Å². The quantitative estimate of drug-likeness (QED) is 0.231. The Kier molecular flexibility index (Phi) is 10.4. The fourth-order valence-corrected chi connectivity index (χ4v) is 3.68. The molecule has 0 aliphatic carbocycles. The lowest BCUT2D eigenvalue weighted by atomic mass is 10.2. The third-order valence-electron chi connectivity index (χ3n) is 5.38. The van der Waals surface area contributed by atoms with Gasteiger partial charge in [-0.25, -0.2) is 10.0 Å². The molecule has 36 heavy (non-hydrogen) atoms. The normalized spacial score (nSPS) is 14.6. The summed E-state index contributed by atoms with van der Waals surface area (Å²) >= 11 is 10.7. The maximum atomic E-state index is 5.35. The molecule has 0 unspecified atom stereocenters. The third kappa shape index (κ3) is 9.04. The Labute approximate surface area is 223 Å². The van der Waals surface area contributed by atoms with Crippen LogP contribution in [0.3, 0.4) is 0 Å². The molecule has 1 aliphatic heterocycles. The second-order valence-electron chi connectivity index (χ2n) is 8.57. The molecule has 2 aromatic carbocycles. The molecular formula is C24H34N10S2. The van der Waals surface area contributed by atoms with E-state index in [0.29, 0.717) is 10.2 Å². The van der Waals surface area contributed by atoms with Gasteiger partial charge in [0, 0.05) is 65.7 Å². The van der Waals surface area contributed by atoms with Crippen molar-refractivity contribution in [3.63, 3.8) is 0 Å². The molecule has 1 aliphatic rings. The lowest BCUT2D eigenvalue weighted by Crippen LogP contribution is -2.59. The van der Waals surface area contributed by atoms with Crippen LogP contribution in [0.1, 0.15) is 11.1 Å². The number of anilines is 2. The number of rotatable bonds is 8. The number of benzene rings is 2. The van der Waals surface area contributed by atoms with Crippen LogP contribution in [-0.4, -0.2) is 87.0 Å². The Morgan fingerprint density at radius 2 is 1.00 bits per heavy atom. The van der Waals surface area contributed by atoms with Crippen LogP contribution in [-0.2, 0) is 0 Å². The summed E-state index contributed by atoms with van der Waals surface area (Å²) in [5.74, 6) is 0. The summed E-state index contributed by atoms with van der Waals surface area (Å²) in [7, 11) is 8.05. The zero-order valence-electron chi connectivity index (χ0n) is 21.1. The molecule has 0 radical (unpaired) electrons. The standard InChI is InChI=1S/C24H34N10S2/c1-31(2)21-9-5-19(6-10-21)17-25-27-23(35)29-33-13-15-34(16-14-33)30-24(36)28-26-18-20-7-11-22(12-8-20)32(3)4/h5-12,17-18H,13-16H2,1-4H3,(H2,27,29,35)(H2,28,30,36)/b25-17+,26-18+. The Bertz CT molecular complexity index is 958. The van der Waals surface area contributed by atoms with E-state index in [1.54, 1.807) is 12.4 Å². The highest BCUT2D eigenvalue weighted by Gasteiger charge is 2.17. The average Bonchev–Trinajstić information content (AvgIpc) is 2.86. The molecule has 12 heteroatoms. The topological polar surface area (TPSA) is 85.8 Å². The van der Waals surface area contributed by atoms with E-state index in [0.717, 1.165) is 48.7 Å². The Morgan fingerprint density at radius 3 is 1.31 bits per heavy atom. The molecule has 1 saturated heterocycles. The molecule has 0 aromatic heterocycles. The zero-order valence-corrected chi connectivity index (χ0v) is 22.7. The van der Waals surface area contributed by atoms with Crippen LogP contribution in [0, 0.1) is 0 Å². The number of hydrazone groups is 2. The minimum absolute atomic E-state index is 0.447. The predicted octanol–water partition coefficient (Wildman–Crippen LogP) is 1.56. The van der Waals surface area contributed by atoms with E-state index in [1.807, 2.05) is 86.7 Å². The smallest absolute Gasteiger partial charge is 0.201 e. The van der Waals surface area contributed by atoms with E-state index < -0.39 is 0 Å². The third-order valence-corrected chi connectivity index (χ3v) is 5.74. The van der Waals surface area contributed by atoms with Gasteiger partial charge >= 0.3 is 0 Å². The molecule has 0 spiro atoms. The van der Waals surface area contributed by atoms with Crippen molar-refractivity contribution in [1.29, 1.82) is 0 Å². The number of hydrogen-bond donors (Lipinski definition) is 4. The average molecular weight is 527 g/mol. The molecule has 3 rings (SSSR count). The van der Waals surface area contributed by atoms with Crippen LogP contribution in [0.5, 0.6) is 0 Å². The molecule has 192 valence electrons. The number of nitrogens with one attached hydrogen (secondary N) is 4. The summed E-state index contributed by atoms with van der Waals surface area (Å²) in [6, 6.07) is 16.2. The van der Waals surface area contributed by atoms with Gasteiger partial charge in [-0.05, 0) is 59.8 Å². The number of piperazine rings is 1. The zero-order chi connectivity index (χ0) is 25.9. The Balaban J connectivity index is 1.32. The van der Waals surface area contributed by atoms with Gasteiger partial charge in [-0.3, -0.25) is 21.7 Å². The van der Waals surface area contributed by atoms with Crippen LogP contribution in [0.25, 0.3) is 0 Å². The maximum absolute atomic E-state index is 5.35. The van der Waals surface area contributed by atoms with E-state index in [9.17, 15) is 0 Å². The van der Waals surface area contributed by atoms with Crippen molar-refractivity contribution in [3.05, 3.63) is 59.7 Å². The second kappa shape index (κ2) is 13.7. The minimum atomic E-state index is 0.447. The lowest BCUT2D eigenvalue weighted by Gasteiger charge is -2.35. The van der Waals surface area contributed by atoms with E-state index in [1.165, 1.54) is 0 Å². The molecule has 10 nitrogen and oxygen atoms in total. The number of thiocarbonyl (C=S) groups is 2. The van der Waals surface area contributed by atoms with Gasteiger partial charge in [0.1, 0.15) is 0 Å². The predicted molar refractivity (Wildman–Crippen MR) is 158 cm³/mol. The molecule has 1 heterocycles. The fourth-order valence-electron chi connectivity index (χ4n) is 3.32. The first-order valence-corrected chi connectivity index (χ1v) is 12.4. The fraction of sp³-hybridized carbons (Fsp3) is 0.333. The van der Waals surface area contributed by atoms with Crippen molar-refractivity contribution >= 4 is 58.5 Å². The first-order valence-electron chi connectivity index (χ1n) is 11.5. The summed E-state index contributed by atoms with van der Waals surface area (Å²) in [5, 5.41) is 13.4. The van der Waals surface area contributed by atoms with Gasteiger partial charge in [-0.15, -0.1) is 0 Å². The Hall–Kier alpha value is -3.32. The minimum Gasteiger partial charge on any atom is -0.378 e. The lowest BCUT2D eigenvalue weighted by molar-refractivity contribution is 0.0936. The molecule has 4 N–H and O–H groups in total. The van der Waals surface area contributed by atoms with Gasteiger partial charge in [0.2, 0.25) is 10.2 Å². The van der Waals surface area contributed by atoms with E-state index >= 15 is 0 Å². The highest BCUT2D eigenvalue weighted by Crippen LogP contribution is 2.11. The monoisotopic (exact) mass is 526 g/mol. The maximum Gasteiger partial charge on any atom is 0.201 e. The van der Waals surface area contributed by atoms with Crippen LogP contribution in [0.15, 0.2) is 58.7 Å². The summed E-state index contributed by atoms with van der Waals surface area (Å²) in [4.78, 5) is 4.11. The van der Waals surface area contributed by atoms with Crippen molar-refractivity contribution in [2.45, 2.75) is 0 Å². The summed E-state index contributed by atoms with van der Waals surface area (Å²) in [6.07, 6.45) is 3.48. The summed E-state index contributed by atoms with van der Waals surface area (Å²) in [6.45, 7) is 3.03. The van der Waals surface area contributed by atoms with Crippen molar-refractivity contribution in [1.82, 2.24) is 31.7 Å². The van der Waals surface area contributed by atoms with Crippen LogP contribution in [0.4, 0.5) is 11.4 Å². The van der Waals surface area contributed by atoms with Gasteiger partial charge < -0.3 is 9.80 Å². The van der Waals surface area contributed by atoms with Crippen LogP contribution < -0.4 is 31.5 Å². The van der Waals surface area contributed by atoms with Crippen LogP contribution in [0.2, 0.25) is 0 Å².